The van der Waals surface area contributed by atoms with Crippen molar-refractivity contribution in [3.63, 3.8) is 0 Å². The van der Waals surface area contributed by atoms with Crippen LogP contribution in [0.5, 0.6) is 0 Å². The van der Waals surface area contributed by atoms with E-state index in [1.807, 2.05) is 20.8 Å². The highest BCUT2D eigenvalue weighted by Crippen LogP contribution is 2.66. The standard InChI is InChI=1S/C15H22N4O3/c1-4-21-12(20)15-7-14(8-15,22-13(15,2)3)9-19-11-10(16)17-5-6-18-11/h5-6H,4,7-9H2,1-3H3,(H2,16,17)(H,18,19). The Balaban J connectivity index is 1.71. The lowest BCUT2D eigenvalue weighted by atomic mass is 9.56. The second kappa shape index (κ2) is 4.81. The van der Waals surface area contributed by atoms with Crippen molar-refractivity contribution in [3.05, 3.63) is 12.4 Å². The molecule has 3 heterocycles. The van der Waals surface area contributed by atoms with E-state index < -0.39 is 11.0 Å². The molecule has 1 aromatic rings. The van der Waals surface area contributed by atoms with E-state index in [-0.39, 0.29) is 11.6 Å². The van der Waals surface area contributed by atoms with Crippen LogP contribution in [0.25, 0.3) is 0 Å². The topological polar surface area (TPSA) is 99.4 Å². The Morgan fingerprint density at radius 2 is 2.09 bits per heavy atom. The fraction of sp³-hybridized carbons (Fsp3) is 0.667. The summed E-state index contributed by atoms with van der Waals surface area (Å²) in [5.74, 6) is 0.734. The zero-order valence-corrected chi connectivity index (χ0v) is 13.2. The Morgan fingerprint density at radius 3 is 2.73 bits per heavy atom. The molecule has 7 heteroatoms. The second-order valence-electron chi connectivity index (χ2n) is 6.60. The first kappa shape index (κ1) is 15.0. The molecule has 3 N–H and O–H groups in total. The predicted molar refractivity (Wildman–Crippen MR) is 81.1 cm³/mol. The van der Waals surface area contributed by atoms with Crippen LogP contribution in [-0.4, -0.2) is 40.3 Å². The molecule has 4 rings (SSSR count). The minimum atomic E-state index is -0.543. The lowest BCUT2D eigenvalue weighted by molar-refractivity contribution is -0.163. The highest BCUT2D eigenvalue weighted by molar-refractivity contribution is 5.81. The number of rotatable bonds is 5. The number of nitrogens with one attached hydrogen (secondary N) is 1. The molecule has 2 saturated heterocycles. The Kier molecular flexibility index (Phi) is 3.28. The van der Waals surface area contributed by atoms with E-state index in [4.69, 9.17) is 15.2 Å². The maximum atomic E-state index is 12.3. The number of carbonyl (C=O) groups excluding carboxylic acids is 1. The third-order valence-corrected chi connectivity index (χ3v) is 4.84. The fourth-order valence-corrected chi connectivity index (χ4v) is 3.74. The average Bonchev–Trinajstić information content (AvgIpc) is 2.79. The number of aromatic nitrogens is 2. The van der Waals surface area contributed by atoms with Crippen molar-refractivity contribution in [2.75, 3.05) is 24.2 Å². The van der Waals surface area contributed by atoms with Crippen LogP contribution in [0, 0.1) is 5.41 Å². The van der Waals surface area contributed by atoms with Crippen molar-refractivity contribution >= 4 is 17.6 Å². The van der Waals surface area contributed by atoms with E-state index in [0.29, 0.717) is 37.6 Å². The molecule has 0 radical (unpaired) electrons. The third-order valence-electron chi connectivity index (χ3n) is 4.84. The third kappa shape index (κ3) is 2.03. The Hall–Kier alpha value is -1.89. The molecule has 7 nitrogen and oxygen atoms in total. The number of nitrogens with two attached hydrogens (primary N) is 1. The number of nitrogens with zero attached hydrogens (tertiary/aromatic N) is 2. The van der Waals surface area contributed by atoms with Crippen molar-refractivity contribution in [1.82, 2.24) is 9.97 Å². The van der Waals surface area contributed by atoms with E-state index in [9.17, 15) is 4.79 Å². The molecule has 2 bridgehead atoms. The van der Waals surface area contributed by atoms with Crippen LogP contribution in [-0.2, 0) is 14.3 Å². The number of ether oxygens (including phenoxy) is 2. The Labute approximate surface area is 129 Å². The van der Waals surface area contributed by atoms with Crippen molar-refractivity contribution in [2.24, 2.45) is 5.41 Å². The molecule has 120 valence electrons. The van der Waals surface area contributed by atoms with Gasteiger partial charge in [-0.3, -0.25) is 4.79 Å². The van der Waals surface area contributed by atoms with E-state index in [2.05, 4.69) is 15.3 Å². The molecular formula is C15H22N4O3. The van der Waals surface area contributed by atoms with Gasteiger partial charge in [0.05, 0.1) is 17.8 Å². The van der Waals surface area contributed by atoms with Crippen LogP contribution in [0.15, 0.2) is 12.4 Å². The Bertz CT molecular complexity index is 596. The quantitative estimate of drug-likeness (QED) is 0.792. The molecule has 0 atom stereocenters. The normalized spacial score (nSPS) is 31.4. The first-order chi connectivity index (χ1) is 10.3. The summed E-state index contributed by atoms with van der Waals surface area (Å²) in [4.78, 5) is 20.5. The van der Waals surface area contributed by atoms with Crippen LogP contribution >= 0.6 is 0 Å². The summed E-state index contributed by atoms with van der Waals surface area (Å²) >= 11 is 0. The van der Waals surface area contributed by atoms with E-state index in [1.54, 1.807) is 12.4 Å². The van der Waals surface area contributed by atoms with E-state index in [1.165, 1.54) is 0 Å². The van der Waals surface area contributed by atoms with Gasteiger partial charge in [-0.25, -0.2) is 9.97 Å². The molecule has 0 amide bonds. The molecule has 0 spiro atoms. The molecule has 0 unspecified atom stereocenters. The SMILES string of the molecule is CCOC(=O)C12CC(CNc3nccnc3N)(C1)OC2(C)C. The summed E-state index contributed by atoms with van der Waals surface area (Å²) < 4.78 is 11.4. The lowest BCUT2D eigenvalue weighted by Gasteiger charge is -2.44. The second-order valence-corrected chi connectivity index (χ2v) is 6.60. The van der Waals surface area contributed by atoms with Crippen molar-refractivity contribution in [2.45, 2.75) is 44.8 Å². The monoisotopic (exact) mass is 306 g/mol. The first-order valence-electron chi connectivity index (χ1n) is 7.52. The molecule has 0 aromatic carbocycles. The molecular weight excluding hydrogens is 284 g/mol. The van der Waals surface area contributed by atoms with Gasteiger partial charge in [0.25, 0.3) is 0 Å². The van der Waals surface area contributed by atoms with Gasteiger partial charge in [-0.05, 0) is 33.6 Å². The molecule has 22 heavy (non-hydrogen) atoms. The van der Waals surface area contributed by atoms with Crippen molar-refractivity contribution < 1.29 is 14.3 Å². The van der Waals surface area contributed by atoms with Crippen LogP contribution in [0.4, 0.5) is 11.6 Å². The average molecular weight is 306 g/mol. The number of nitrogen functional groups attached to an aromatic ring is 1. The molecule has 3 fully saturated rings. The maximum absolute atomic E-state index is 12.3. The van der Waals surface area contributed by atoms with Gasteiger partial charge in [-0.2, -0.15) is 0 Å². The van der Waals surface area contributed by atoms with Crippen LogP contribution in [0.1, 0.15) is 33.6 Å². The summed E-state index contributed by atoms with van der Waals surface area (Å²) in [5.41, 5.74) is 4.33. The number of hydrogen-bond acceptors (Lipinski definition) is 7. The maximum Gasteiger partial charge on any atom is 0.315 e. The van der Waals surface area contributed by atoms with Crippen LogP contribution in [0.2, 0.25) is 0 Å². The summed E-state index contributed by atoms with van der Waals surface area (Å²) in [6.45, 7) is 6.66. The summed E-state index contributed by atoms with van der Waals surface area (Å²) in [6, 6.07) is 0. The summed E-state index contributed by atoms with van der Waals surface area (Å²) in [7, 11) is 0. The first-order valence-corrected chi connectivity index (χ1v) is 7.52. The van der Waals surface area contributed by atoms with Crippen LogP contribution < -0.4 is 11.1 Å². The van der Waals surface area contributed by atoms with Gasteiger partial charge in [0.2, 0.25) is 0 Å². The van der Waals surface area contributed by atoms with Crippen molar-refractivity contribution in [3.8, 4) is 0 Å². The fourth-order valence-electron chi connectivity index (χ4n) is 3.74. The summed E-state index contributed by atoms with van der Waals surface area (Å²) in [6.07, 6.45) is 4.43. The smallest absolute Gasteiger partial charge is 0.315 e. The predicted octanol–water partition coefficient (Wildman–Crippen LogP) is 1.36. The Morgan fingerprint density at radius 1 is 1.41 bits per heavy atom. The van der Waals surface area contributed by atoms with Gasteiger partial charge < -0.3 is 20.5 Å². The lowest BCUT2D eigenvalue weighted by Crippen LogP contribution is -2.55. The van der Waals surface area contributed by atoms with Gasteiger partial charge in [0.15, 0.2) is 11.6 Å². The van der Waals surface area contributed by atoms with Gasteiger partial charge in [-0.1, -0.05) is 0 Å². The van der Waals surface area contributed by atoms with Crippen LogP contribution in [0.3, 0.4) is 0 Å². The molecule has 2 aliphatic heterocycles. The number of hydrogen-bond donors (Lipinski definition) is 2. The number of carbonyl (C=O) groups is 1. The number of esters is 1. The highest BCUT2D eigenvalue weighted by Gasteiger charge is 2.75. The number of anilines is 2. The van der Waals surface area contributed by atoms with E-state index in [0.717, 1.165) is 0 Å². The van der Waals surface area contributed by atoms with Gasteiger partial charge in [0, 0.05) is 18.9 Å². The molecule has 1 aliphatic carbocycles. The molecule has 3 aliphatic rings. The minimum absolute atomic E-state index is 0.160. The number of fused-ring (bicyclic) bond motifs is 1. The zero-order valence-electron chi connectivity index (χ0n) is 13.2. The van der Waals surface area contributed by atoms with Gasteiger partial charge >= 0.3 is 5.97 Å². The highest BCUT2D eigenvalue weighted by atomic mass is 16.6. The largest absolute Gasteiger partial charge is 0.465 e. The van der Waals surface area contributed by atoms with Crippen molar-refractivity contribution in [1.29, 1.82) is 0 Å². The summed E-state index contributed by atoms with van der Waals surface area (Å²) in [5, 5.41) is 3.18. The zero-order chi connectivity index (χ0) is 16.0. The van der Waals surface area contributed by atoms with Gasteiger partial charge in [0.1, 0.15) is 5.41 Å². The van der Waals surface area contributed by atoms with Gasteiger partial charge in [-0.15, -0.1) is 0 Å². The minimum Gasteiger partial charge on any atom is -0.465 e. The molecule has 1 aromatic heterocycles. The molecule has 1 saturated carbocycles. The van der Waals surface area contributed by atoms with E-state index >= 15 is 0 Å².